The number of rotatable bonds is 5. The highest BCUT2D eigenvalue weighted by atomic mass is 127. The summed E-state index contributed by atoms with van der Waals surface area (Å²) < 4.78 is 1.35. The second kappa shape index (κ2) is 8.56. The van der Waals surface area contributed by atoms with Gasteiger partial charge < -0.3 is 4.90 Å². The molecule has 0 atom stereocenters. The van der Waals surface area contributed by atoms with Crippen molar-refractivity contribution in [2.45, 2.75) is 13.0 Å². The number of likely N-dealkylation sites (N-methyl/N-ethyl adjacent to an activating group) is 1. The molecule has 0 aromatic heterocycles. The van der Waals surface area contributed by atoms with Gasteiger partial charge in [-0.1, -0.05) is 48.5 Å². The van der Waals surface area contributed by atoms with Crippen LogP contribution in [0.5, 0.6) is 0 Å². The predicted octanol–water partition coefficient (Wildman–Crippen LogP) is 4.39. The summed E-state index contributed by atoms with van der Waals surface area (Å²) in [5.74, 6) is 0. The van der Waals surface area contributed by atoms with E-state index in [0.717, 1.165) is 19.5 Å². The lowest BCUT2D eigenvalue weighted by molar-refractivity contribution is 0.330. The molecule has 0 amide bonds. The third-order valence-corrected chi connectivity index (χ3v) is 4.08. The van der Waals surface area contributed by atoms with E-state index in [0.29, 0.717) is 0 Å². The summed E-state index contributed by atoms with van der Waals surface area (Å²) in [5, 5.41) is 0. The third kappa shape index (κ3) is 5.51. The summed E-state index contributed by atoms with van der Waals surface area (Å²) in [6.07, 6.45) is 1.11. The molecule has 0 N–H and O–H groups in total. The topological polar surface area (TPSA) is 3.24 Å². The van der Waals surface area contributed by atoms with E-state index in [1.807, 2.05) is 0 Å². The van der Waals surface area contributed by atoms with E-state index in [-0.39, 0.29) is 12.4 Å². The van der Waals surface area contributed by atoms with Crippen molar-refractivity contribution in [3.8, 4) is 0 Å². The maximum atomic E-state index is 2.41. The summed E-state index contributed by atoms with van der Waals surface area (Å²) in [7, 11) is 2.19. The summed E-state index contributed by atoms with van der Waals surface area (Å²) >= 11 is 2.41. The Labute approximate surface area is 135 Å². The monoisotopic (exact) mass is 387 g/mol. The van der Waals surface area contributed by atoms with E-state index in [2.05, 4.69) is 89.1 Å². The molecule has 2 aromatic carbocycles. The van der Waals surface area contributed by atoms with E-state index in [4.69, 9.17) is 0 Å². The van der Waals surface area contributed by atoms with Gasteiger partial charge in [-0.25, -0.2) is 0 Å². The van der Waals surface area contributed by atoms with Crippen molar-refractivity contribution in [1.29, 1.82) is 0 Å². The Kier molecular flexibility index (Phi) is 7.42. The minimum atomic E-state index is 0. The van der Waals surface area contributed by atoms with Crippen molar-refractivity contribution in [2.75, 3.05) is 13.6 Å². The zero-order chi connectivity index (χ0) is 12.8. The molecule has 0 radical (unpaired) electrons. The van der Waals surface area contributed by atoms with Crippen LogP contribution in [0.25, 0.3) is 0 Å². The van der Waals surface area contributed by atoms with Crippen LogP contribution < -0.4 is 0 Å². The lowest BCUT2D eigenvalue weighted by Crippen LogP contribution is -2.21. The fourth-order valence-corrected chi connectivity index (χ4v) is 2.52. The standard InChI is InChI=1S/C16H18IN.ClH/c1-18(12-11-14-7-3-2-4-8-14)13-15-9-5-6-10-16(15)17;/h2-10H,11-13H2,1H3;1H. The van der Waals surface area contributed by atoms with E-state index >= 15 is 0 Å². The van der Waals surface area contributed by atoms with Crippen molar-refractivity contribution in [3.05, 3.63) is 69.3 Å². The van der Waals surface area contributed by atoms with E-state index in [1.54, 1.807) is 0 Å². The average Bonchev–Trinajstić information content (AvgIpc) is 2.40. The summed E-state index contributed by atoms with van der Waals surface area (Å²) in [6, 6.07) is 19.3. The Bertz CT molecular complexity index is 487. The van der Waals surface area contributed by atoms with E-state index < -0.39 is 0 Å². The minimum absolute atomic E-state index is 0. The normalized spacial score (nSPS) is 10.3. The number of halogens is 2. The Morgan fingerprint density at radius 2 is 1.58 bits per heavy atom. The van der Waals surface area contributed by atoms with Gasteiger partial charge in [-0.2, -0.15) is 0 Å². The summed E-state index contributed by atoms with van der Waals surface area (Å²) in [6.45, 7) is 2.11. The molecule has 1 nitrogen and oxygen atoms in total. The zero-order valence-corrected chi connectivity index (χ0v) is 14.0. The molecule has 3 heteroatoms. The van der Waals surface area contributed by atoms with Crippen LogP contribution in [0.15, 0.2) is 54.6 Å². The first-order valence-corrected chi connectivity index (χ1v) is 7.29. The lowest BCUT2D eigenvalue weighted by atomic mass is 10.1. The zero-order valence-electron chi connectivity index (χ0n) is 11.1. The molecule has 0 aliphatic carbocycles. The number of benzene rings is 2. The van der Waals surface area contributed by atoms with E-state index in [9.17, 15) is 0 Å². The van der Waals surface area contributed by atoms with Gasteiger partial charge in [0.15, 0.2) is 0 Å². The Morgan fingerprint density at radius 1 is 0.947 bits per heavy atom. The van der Waals surface area contributed by atoms with Gasteiger partial charge in [-0.3, -0.25) is 0 Å². The number of hydrogen-bond donors (Lipinski definition) is 0. The van der Waals surface area contributed by atoms with Crippen LogP contribution in [-0.4, -0.2) is 18.5 Å². The minimum Gasteiger partial charge on any atom is -0.302 e. The Hall–Kier alpha value is -0.580. The first kappa shape index (κ1) is 16.5. The smallest absolute Gasteiger partial charge is 0.0241 e. The van der Waals surface area contributed by atoms with Crippen LogP contribution in [0.3, 0.4) is 0 Å². The van der Waals surface area contributed by atoms with Crippen molar-refractivity contribution in [2.24, 2.45) is 0 Å². The highest BCUT2D eigenvalue weighted by Gasteiger charge is 2.03. The molecule has 0 unspecified atom stereocenters. The molecule has 0 aliphatic rings. The molecule has 0 aliphatic heterocycles. The molecule has 0 saturated carbocycles. The molecule has 0 spiro atoms. The SMILES string of the molecule is CN(CCc1ccccc1)Cc1ccccc1I.Cl. The van der Waals surface area contributed by atoms with Crippen LogP contribution in [0.2, 0.25) is 0 Å². The van der Waals surface area contributed by atoms with E-state index in [1.165, 1.54) is 14.7 Å². The number of nitrogens with zero attached hydrogens (tertiary/aromatic N) is 1. The quantitative estimate of drug-likeness (QED) is 0.688. The van der Waals surface area contributed by atoms with Crippen molar-refractivity contribution in [3.63, 3.8) is 0 Å². The molecule has 2 rings (SSSR count). The lowest BCUT2D eigenvalue weighted by Gasteiger charge is -2.17. The van der Waals surface area contributed by atoms with Crippen molar-refractivity contribution >= 4 is 35.0 Å². The number of hydrogen-bond acceptors (Lipinski definition) is 1. The third-order valence-electron chi connectivity index (χ3n) is 3.02. The van der Waals surface area contributed by atoms with Gasteiger partial charge in [-0.15, -0.1) is 12.4 Å². The van der Waals surface area contributed by atoms with Gasteiger partial charge in [0.1, 0.15) is 0 Å². The average molecular weight is 388 g/mol. The molecule has 0 fully saturated rings. The summed E-state index contributed by atoms with van der Waals surface area (Å²) in [5.41, 5.74) is 2.82. The molecular formula is C16H19ClIN. The molecule has 0 saturated heterocycles. The maximum absolute atomic E-state index is 2.41. The Morgan fingerprint density at radius 3 is 2.26 bits per heavy atom. The van der Waals surface area contributed by atoms with Crippen molar-refractivity contribution in [1.82, 2.24) is 4.90 Å². The van der Waals surface area contributed by atoms with Crippen LogP contribution in [0.4, 0.5) is 0 Å². The molecule has 19 heavy (non-hydrogen) atoms. The highest BCUT2D eigenvalue weighted by molar-refractivity contribution is 14.1. The van der Waals surface area contributed by atoms with Crippen molar-refractivity contribution < 1.29 is 0 Å². The molecular weight excluding hydrogens is 369 g/mol. The van der Waals surface area contributed by atoms with Crippen LogP contribution in [0, 0.1) is 3.57 Å². The molecule has 0 heterocycles. The van der Waals surface area contributed by atoms with Crippen LogP contribution in [0.1, 0.15) is 11.1 Å². The molecule has 2 aromatic rings. The van der Waals surface area contributed by atoms with Gasteiger partial charge in [0.05, 0.1) is 0 Å². The van der Waals surface area contributed by atoms with Gasteiger partial charge in [0, 0.05) is 16.7 Å². The van der Waals surface area contributed by atoms with Gasteiger partial charge in [0.25, 0.3) is 0 Å². The van der Waals surface area contributed by atoms with Crippen LogP contribution in [-0.2, 0) is 13.0 Å². The second-order valence-corrected chi connectivity index (χ2v) is 5.73. The van der Waals surface area contributed by atoms with Gasteiger partial charge >= 0.3 is 0 Å². The predicted molar refractivity (Wildman–Crippen MR) is 92.9 cm³/mol. The summed E-state index contributed by atoms with van der Waals surface area (Å²) in [4.78, 5) is 2.38. The highest BCUT2D eigenvalue weighted by Crippen LogP contribution is 2.13. The fraction of sp³-hybridized carbons (Fsp3) is 0.250. The molecule has 102 valence electrons. The van der Waals surface area contributed by atoms with Crippen LogP contribution >= 0.6 is 35.0 Å². The maximum Gasteiger partial charge on any atom is 0.0241 e. The first-order valence-electron chi connectivity index (χ1n) is 6.21. The van der Waals surface area contributed by atoms with Gasteiger partial charge in [-0.05, 0) is 53.3 Å². The Balaban J connectivity index is 0.00000180. The van der Waals surface area contributed by atoms with Gasteiger partial charge in [0.2, 0.25) is 0 Å². The second-order valence-electron chi connectivity index (χ2n) is 4.56. The largest absolute Gasteiger partial charge is 0.302 e. The fourth-order valence-electron chi connectivity index (χ4n) is 1.96. The molecule has 0 bridgehead atoms. The first-order chi connectivity index (χ1) is 8.75.